The lowest BCUT2D eigenvalue weighted by Gasteiger charge is -2.35. The highest BCUT2D eigenvalue weighted by molar-refractivity contribution is 5.87. The number of carbonyl (C=O) groups excluding carboxylic acids is 2. The van der Waals surface area contributed by atoms with Gasteiger partial charge in [-0.1, -0.05) is 71.6 Å². The highest BCUT2D eigenvalue weighted by Gasteiger charge is 2.31. The average Bonchev–Trinajstić information content (AvgIpc) is 2.66. The molecule has 26 heavy (non-hydrogen) atoms. The quantitative estimate of drug-likeness (QED) is 0.429. The second-order valence-corrected chi connectivity index (χ2v) is 7.82. The molecule has 0 aromatic rings. The number of carbonyl (C=O) groups is 2. The molecule has 0 unspecified atom stereocenters. The topological polar surface area (TPSA) is 49.4 Å². The summed E-state index contributed by atoms with van der Waals surface area (Å²) < 4.78 is 0. The lowest BCUT2D eigenvalue weighted by molar-refractivity contribution is -0.142. The minimum atomic E-state index is -0.230. The van der Waals surface area contributed by atoms with E-state index in [4.69, 9.17) is 0 Å². The van der Waals surface area contributed by atoms with Crippen molar-refractivity contribution >= 4 is 11.8 Å². The summed E-state index contributed by atoms with van der Waals surface area (Å²) in [7, 11) is 0. The van der Waals surface area contributed by atoms with E-state index in [1.165, 1.54) is 51.4 Å². The van der Waals surface area contributed by atoms with Gasteiger partial charge in [-0.15, -0.1) is 0 Å². The summed E-state index contributed by atoms with van der Waals surface area (Å²) in [6.07, 6.45) is 16.7. The van der Waals surface area contributed by atoms with E-state index in [0.29, 0.717) is 6.42 Å². The number of likely N-dealkylation sites (tertiary alicyclic amines) is 1. The van der Waals surface area contributed by atoms with Crippen molar-refractivity contribution in [3.8, 4) is 0 Å². The van der Waals surface area contributed by atoms with Gasteiger partial charge in [-0.25, -0.2) is 0 Å². The SMILES string of the molecule is CCCCCCCCNC(=O)[C@H]1CCCCN1C(=O)CCCCCCC. The number of nitrogens with one attached hydrogen (secondary N) is 1. The Labute approximate surface area is 161 Å². The van der Waals surface area contributed by atoms with Crippen molar-refractivity contribution in [3.63, 3.8) is 0 Å². The molecule has 0 aromatic carbocycles. The summed E-state index contributed by atoms with van der Waals surface area (Å²) in [5, 5.41) is 3.08. The molecule has 0 aliphatic carbocycles. The van der Waals surface area contributed by atoms with Crippen LogP contribution in [0.3, 0.4) is 0 Å². The lowest BCUT2D eigenvalue weighted by atomic mass is 10.00. The third-order valence-corrected chi connectivity index (χ3v) is 5.45. The summed E-state index contributed by atoms with van der Waals surface area (Å²) in [6.45, 7) is 5.93. The minimum absolute atomic E-state index is 0.0672. The van der Waals surface area contributed by atoms with Crippen molar-refractivity contribution in [2.75, 3.05) is 13.1 Å². The molecule has 1 aliphatic rings. The molecule has 0 saturated carbocycles. The summed E-state index contributed by atoms with van der Waals surface area (Å²) in [4.78, 5) is 27.0. The van der Waals surface area contributed by atoms with Crippen molar-refractivity contribution in [2.45, 2.75) is 116 Å². The molecule has 1 aliphatic heterocycles. The van der Waals surface area contributed by atoms with Crippen LogP contribution in [-0.2, 0) is 9.59 Å². The highest BCUT2D eigenvalue weighted by atomic mass is 16.2. The molecular formula is C22H42N2O2. The molecule has 0 bridgehead atoms. The molecule has 1 heterocycles. The predicted octanol–water partition coefficient (Wildman–Crippen LogP) is 5.20. The van der Waals surface area contributed by atoms with Gasteiger partial charge in [0.2, 0.25) is 11.8 Å². The van der Waals surface area contributed by atoms with Crippen LogP contribution < -0.4 is 5.32 Å². The Bertz CT molecular complexity index is 384. The molecule has 1 fully saturated rings. The van der Waals surface area contributed by atoms with Crippen LogP contribution in [0.25, 0.3) is 0 Å². The van der Waals surface area contributed by atoms with Gasteiger partial charge in [0.15, 0.2) is 0 Å². The molecule has 152 valence electrons. The number of hydrogen-bond acceptors (Lipinski definition) is 2. The average molecular weight is 367 g/mol. The first kappa shape index (κ1) is 23.0. The van der Waals surface area contributed by atoms with Crippen LogP contribution in [0.4, 0.5) is 0 Å². The van der Waals surface area contributed by atoms with E-state index < -0.39 is 0 Å². The van der Waals surface area contributed by atoms with Gasteiger partial charge in [0, 0.05) is 19.5 Å². The Balaban J connectivity index is 2.27. The Kier molecular flexibility index (Phi) is 13.3. The fourth-order valence-corrected chi connectivity index (χ4v) is 3.76. The second kappa shape index (κ2) is 15.0. The Hall–Kier alpha value is -1.06. The van der Waals surface area contributed by atoms with E-state index in [2.05, 4.69) is 19.2 Å². The maximum atomic E-state index is 12.6. The van der Waals surface area contributed by atoms with E-state index in [1.54, 1.807) is 0 Å². The second-order valence-electron chi connectivity index (χ2n) is 7.82. The van der Waals surface area contributed by atoms with Gasteiger partial charge in [-0.3, -0.25) is 9.59 Å². The molecule has 2 amide bonds. The van der Waals surface area contributed by atoms with Crippen LogP contribution in [0.1, 0.15) is 110 Å². The van der Waals surface area contributed by atoms with Gasteiger partial charge in [-0.05, 0) is 32.1 Å². The zero-order valence-electron chi connectivity index (χ0n) is 17.4. The van der Waals surface area contributed by atoms with Crippen molar-refractivity contribution in [2.24, 2.45) is 0 Å². The van der Waals surface area contributed by atoms with Crippen LogP contribution in [0.2, 0.25) is 0 Å². The molecular weight excluding hydrogens is 324 g/mol. The molecule has 4 nitrogen and oxygen atoms in total. The zero-order chi connectivity index (χ0) is 19.0. The van der Waals surface area contributed by atoms with Crippen LogP contribution >= 0.6 is 0 Å². The Morgan fingerprint density at radius 3 is 2.15 bits per heavy atom. The molecule has 1 saturated heterocycles. The smallest absolute Gasteiger partial charge is 0.242 e. The molecule has 0 aromatic heterocycles. The summed E-state index contributed by atoms with van der Waals surface area (Å²) in [5.74, 6) is 0.249. The molecule has 0 radical (unpaired) electrons. The van der Waals surface area contributed by atoms with E-state index in [0.717, 1.165) is 51.6 Å². The first-order valence-electron chi connectivity index (χ1n) is 11.3. The largest absolute Gasteiger partial charge is 0.354 e. The molecule has 1 atom stereocenters. The summed E-state index contributed by atoms with van der Waals surface area (Å²) in [5.41, 5.74) is 0. The van der Waals surface area contributed by atoms with Crippen LogP contribution in [0.15, 0.2) is 0 Å². The van der Waals surface area contributed by atoms with Crippen molar-refractivity contribution in [1.29, 1.82) is 0 Å². The van der Waals surface area contributed by atoms with Crippen molar-refractivity contribution in [1.82, 2.24) is 10.2 Å². The summed E-state index contributed by atoms with van der Waals surface area (Å²) in [6, 6.07) is -0.230. The molecule has 1 rings (SSSR count). The van der Waals surface area contributed by atoms with Gasteiger partial charge in [0.1, 0.15) is 6.04 Å². The van der Waals surface area contributed by atoms with Gasteiger partial charge >= 0.3 is 0 Å². The summed E-state index contributed by atoms with van der Waals surface area (Å²) >= 11 is 0. The Morgan fingerprint density at radius 2 is 1.46 bits per heavy atom. The number of rotatable bonds is 14. The van der Waals surface area contributed by atoms with Crippen molar-refractivity contribution in [3.05, 3.63) is 0 Å². The zero-order valence-corrected chi connectivity index (χ0v) is 17.4. The van der Waals surface area contributed by atoms with E-state index in [-0.39, 0.29) is 17.9 Å². The van der Waals surface area contributed by atoms with Gasteiger partial charge in [-0.2, -0.15) is 0 Å². The van der Waals surface area contributed by atoms with Gasteiger partial charge < -0.3 is 10.2 Å². The third kappa shape index (κ3) is 9.59. The number of piperidine rings is 1. The first-order chi connectivity index (χ1) is 12.7. The predicted molar refractivity (Wildman–Crippen MR) is 109 cm³/mol. The van der Waals surface area contributed by atoms with Crippen molar-refractivity contribution < 1.29 is 9.59 Å². The van der Waals surface area contributed by atoms with Gasteiger partial charge in [0.25, 0.3) is 0 Å². The highest BCUT2D eigenvalue weighted by Crippen LogP contribution is 2.19. The number of unbranched alkanes of at least 4 members (excludes halogenated alkanes) is 9. The first-order valence-corrected chi connectivity index (χ1v) is 11.3. The normalized spacial score (nSPS) is 17.3. The van der Waals surface area contributed by atoms with Crippen LogP contribution in [0, 0.1) is 0 Å². The number of nitrogens with zero attached hydrogens (tertiary/aromatic N) is 1. The van der Waals surface area contributed by atoms with Crippen LogP contribution in [-0.4, -0.2) is 35.8 Å². The maximum absolute atomic E-state index is 12.6. The van der Waals surface area contributed by atoms with E-state index >= 15 is 0 Å². The lowest BCUT2D eigenvalue weighted by Crippen LogP contribution is -2.52. The third-order valence-electron chi connectivity index (χ3n) is 5.45. The monoisotopic (exact) mass is 366 g/mol. The number of amides is 2. The molecule has 1 N–H and O–H groups in total. The fourth-order valence-electron chi connectivity index (χ4n) is 3.76. The molecule has 4 heteroatoms. The Morgan fingerprint density at radius 1 is 0.846 bits per heavy atom. The van der Waals surface area contributed by atoms with E-state index in [9.17, 15) is 9.59 Å². The number of hydrogen-bond donors (Lipinski definition) is 1. The molecule has 0 spiro atoms. The van der Waals surface area contributed by atoms with Gasteiger partial charge in [0.05, 0.1) is 0 Å². The standard InChI is InChI=1S/C22H42N2O2/c1-3-5-7-9-11-14-18-23-22(26)20-16-13-15-19-24(20)21(25)17-12-10-8-6-4-2/h20H,3-19H2,1-2H3,(H,23,26)/t20-/m1/s1. The van der Waals surface area contributed by atoms with Crippen LogP contribution in [0.5, 0.6) is 0 Å². The fraction of sp³-hybridized carbons (Fsp3) is 0.909. The van der Waals surface area contributed by atoms with E-state index in [1.807, 2.05) is 4.90 Å². The minimum Gasteiger partial charge on any atom is -0.354 e. The maximum Gasteiger partial charge on any atom is 0.242 e.